The van der Waals surface area contributed by atoms with Crippen molar-refractivity contribution in [3.8, 4) is 0 Å². The molecule has 10 heteroatoms. The van der Waals surface area contributed by atoms with Gasteiger partial charge in [0.2, 0.25) is 10.0 Å². The highest BCUT2D eigenvalue weighted by Gasteiger charge is 2.13. The lowest BCUT2D eigenvalue weighted by molar-refractivity contribution is 0.424. The molecule has 1 aromatic heterocycles. The molecule has 28 heavy (non-hydrogen) atoms. The number of hydrogen-bond acceptors (Lipinski definition) is 3. The highest BCUT2D eigenvalue weighted by molar-refractivity contribution is 14.0. The van der Waals surface area contributed by atoms with Gasteiger partial charge in [-0.05, 0) is 36.6 Å². The summed E-state index contributed by atoms with van der Waals surface area (Å²) in [4.78, 5) is 7.26. The van der Waals surface area contributed by atoms with E-state index in [-0.39, 0.29) is 29.8 Å². The molecule has 0 atom stereocenters. The Hall–Kier alpha value is -1.40. The molecule has 0 radical (unpaired) electrons. The molecule has 2 rings (SSSR count). The maximum absolute atomic E-state index is 13.2. The predicted octanol–water partition coefficient (Wildman–Crippen LogP) is 2.30. The average Bonchev–Trinajstić information content (AvgIpc) is 3.01. The van der Waals surface area contributed by atoms with Crippen molar-refractivity contribution >= 4 is 50.9 Å². The summed E-state index contributed by atoms with van der Waals surface area (Å²) in [6, 6.07) is 4.73. The molecule has 2 aromatic rings. The molecule has 1 heterocycles. The topological polar surface area (TPSA) is 89.6 Å². The molecule has 0 saturated carbocycles. The second-order valence-corrected chi connectivity index (χ2v) is 8.27. The Morgan fingerprint density at radius 2 is 2.00 bits per heavy atom. The highest BCUT2D eigenvalue weighted by atomic mass is 127. The number of rotatable bonds is 9. The third-order valence-electron chi connectivity index (χ3n) is 4.34. The molecule has 0 spiro atoms. The van der Waals surface area contributed by atoms with Crippen LogP contribution in [0.1, 0.15) is 18.9 Å². The van der Waals surface area contributed by atoms with Crippen LogP contribution < -0.4 is 10.6 Å². The third-order valence-corrected chi connectivity index (χ3v) is 5.72. The molecule has 3 N–H and O–H groups in total. The van der Waals surface area contributed by atoms with Gasteiger partial charge < -0.3 is 15.6 Å². The van der Waals surface area contributed by atoms with Crippen LogP contribution in [-0.2, 0) is 16.4 Å². The van der Waals surface area contributed by atoms with E-state index in [4.69, 9.17) is 0 Å². The van der Waals surface area contributed by atoms with Gasteiger partial charge in [-0.25, -0.2) is 17.1 Å². The molecule has 0 aliphatic heterocycles. The van der Waals surface area contributed by atoms with E-state index < -0.39 is 10.0 Å². The first-order valence-electron chi connectivity index (χ1n) is 9.00. The summed E-state index contributed by atoms with van der Waals surface area (Å²) in [6.07, 6.45) is 4.58. The number of benzene rings is 1. The van der Waals surface area contributed by atoms with Crippen molar-refractivity contribution in [2.75, 3.05) is 39.5 Å². The third kappa shape index (κ3) is 7.21. The number of hydrogen-bond donors (Lipinski definition) is 3. The van der Waals surface area contributed by atoms with Gasteiger partial charge in [-0.15, -0.1) is 24.0 Å². The number of H-pyrrole nitrogens is 1. The van der Waals surface area contributed by atoms with Gasteiger partial charge in [-0.3, -0.25) is 4.99 Å². The van der Waals surface area contributed by atoms with Gasteiger partial charge in [-0.2, -0.15) is 0 Å². The van der Waals surface area contributed by atoms with E-state index in [9.17, 15) is 12.8 Å². The van der Waals surface area contributed by atoms with Crippen molar-refractivity contribution in [3.63, 3.8) is 0 Å². The standard InChI is InChI=1S/C18H28FN5O2S.HI/c1-4-24(27(3,25)26)11-5-9-21-18(20-2)22-10-8-14-13-23-17-12-15(19)6-7-16(14)17;/h6-7,12-13,23H,4-5,8-11H2,1-3H3,(H2,20,21,22);1H. The van der Waals surface area contributed by atoms with Crippen molar-refractivity contribution in [1.29, 1.82) is 0 Å². The fourth-order valence-electron chi connectivity index (χ4n) is 2.92. The zero-order valence-corrected chi connectivity index (χ0v) is 19.6. The summed E-state index contributed by atoms with van der Waals surface area (Å²) in [5.41, 5.74) is 1.90. The zero-order chi connectivity index (χ0) is 19.9. The van der Waals surface area contributed by atoms with Crippen LogP contribution in [0.5, 0.6) is 0 Å². The minimum absolute atomic E-state index is 0. The minimum Gasteiger partial charge on any atom is -0.361 e. The number of guanidine groups is 1. The minimum atomic E-state index is -3.15. The molecule has 158 valence electrons. The van der Waals surface area contributed by atoms with E-state index in [0.717, 1.165) is 22.9 Å². The van der Waals surface area contributed by atoms with Crippen molar-refractivity contribution in [2.45, 2.75) is 19.8 Å². The zero-order valence-electron chi connectivity index (χ0n) is 16.5. The van der Waals surface area contributed by atoms with Crippen LogP contribution in [0.2, 0.25) is 0 Å². The number of aromatic nitrogens is 1. The summed E-state index contributed by atoms with van der Waals surface area (Å²) < 4.78 is 37.8. The number of nitrogens with one attached hydrogen (secondary N) is 3. The molecular formula is C18H29FIN5O2S. The first kappa shape index (κ1) is 24.6. The van der Waals surface area contributed by atoms with E-state index in [0.29, 0.717) is 38.6 Å². The van der Waals surface area contributed by atoms with Crippen molar-refractivity contribution in [1.82, 2.24) is 19.9 Å². The normalized spacial score (nSPS) is 12.2. The molecule has 0 unspecified atom stereocenters. The van der Waals surface area contributed by atoms with Gasteiger partial charge in [0, 0.05) is 50.3 Å². The Balaban J connectivity index is 0.00000392. The quantitative estimate of drug-likeness (QED) is 0.203. The molecule has 7 nitrogen and oxygen atoms in total. The van der Waals surface area contributed by atoms with E-state index >= 15 is 0 Å². The maximum Gasteiger partial charge on any atom is 0.211 e. The first-order chi connectivity index (χ1) is 12.8. The van der Waals surface area contributed by atoms with Crippen molar-refractivity contribution < 1.29 is 12.8 Å². The monoisotopic (exact) mass is 525 g/mol. The second kappa shape index (κ2) is 11.6. The fraction of sp³-hybridized carbons (Fsp3) is 0.500. The average molecular weight is 525 g/mol. The summed E-state index contributed by atoms with van der Waals surface area (Å²) in [7, 11) is -1.45. The van der Waals surface area contributed by atoms with E-state index in [1.807, 2.05) is 13.1 Å². The van der Waals surface area contributed by atoms with Gasteiger partial charge in [0.25, 0.3) is 0 Å². The Morgan fingerprint density at radius 3 is 2.64 bits per heavy atom. The smallest absolute Gasteiger partial charge is 0.211 e. The Kier molecular flexibility index (Phi) is 10.2. The molecular weight excluding hydrogens is 496 g/mol. The van der Waals surface area contributed by atoms with Crippen LogP contribution in [0, 0.1) is 5.82 Å². The van der Waals surface area contributed by atoms with Gasteiger partial charge in [0.1, 0.15) is 5.82 Å². The molecule has 0 amide bonds. The lowest BCUT2D eigenvalue weighted by atomic mass is 10.1. The van der Waals surface area contributed by atoms with Crippen LogP contribution >= 0.6 is 24.0 Å². The maximum atomic E-state index is 13.2. The molecule has 0 aliphatic rings. The SMILES string of the molecule is CCN(CCCNC(=NC)NCCc1c[nH]c2cc(F)ccc12)S(C)(=O)=O.I. The largest absolute Gasteiger partial charge is 0.361 e. The fourth-order valence-corrected chi connectivity index (χ4v) is 3.85. The predicted molar refractivity (Wildman–Crippen MR) is 123 cm³/mol. The number of halogens is 2. The van der Waals surface area contributed by atoms with Crippen molar-refractivity contribution in [3.05, 3.63) is 35.8 Å². The van der Waals surface area contributed by atoms with Gasteiger partial charge >= 0.3 is 0 Å². The number of nitrogens with zero attached hydrogens (tertiary/aromatic N) is 2. The Morgan fingerprint density at radius 1 is 1.29 bits per heavy atom. The van der Waals surface area contributed by atoms with Gasteiger partial charge in [-0.1, -0.05) is 6.92 Å². The number of aromatic amines is 1. The molecule has 0 aliphatic carbocycles. The summed E-state index contributed by atoms with van der Waals surface area (Å²) in [6.45, 7) is 4.08. The van der Waals surface area contributed by atoms with Gasteiger partial charge in [0.15, 0.2) is 5.96 Å². The summed E-state index contributed by atoms with van der Waals surface area (Å²) >= 11 is 0. The Bertz CT molecular complexity index is 885. The summed E-state index contributed by atoms with van der Waals surface area (Å²) in [5.74, 6) is 0.416. The number of sulfonamides is 1. The van der Waals surface area contributed by atoms with Crippen LogP contribution in [0.25, 0.3) is 10.9 Å². The van der Waals surface area contributed by atoms with E-state index in [2.05, 4.69) is 20.6 Å². The van der Waals surface area contributed by atoms with Gasteiger partial charge in [0.05, 0.1) is 6.26 Å². The van der Waals surface area contributed by atoms with Crippen LogP contribution in [0.4, 0.5) is 4.39 Å². The van der Waals surface area contributed by atoms with Crippen molar-refractivity contribution in [2.24, 2.45) is 4.99 Å². The number of fused-ring (bicyclic) bond motifs is 1. The Labute approximate surface area is 183 Å². The summed E-state index contributed by atoms with van der Waals surface area (Å²) in [5, 5.41) is 7.44. The lowest BCUT2D eigenvalue weighted by Gasteiger charge is -2.18. The second-order valence-electron chi connectivity index (χ2n) is 6.29. The number of aliphatic imine (C=N–C) groups is 1. The van der Waals surface area contributed by atoms with Crippen LogP contribution in [0.3, 0.4) is 0 Å². The van der Waals surface area contributed by atoms with E-state index in [1.165, 1.54) is 22.7 Å². The lowest BCUT2D eigenvalue weighted by Crippen LogP contribution is -2.40. The van der Waals surface area contributed by atoms with E-state index in [1.54, 1.807) is 13.1 Å². The van der Waals surface area contributed by atoms with Crippen LogP contribution in [-0.4, -0.2) is 63.1 Å². The van der Waals surface area contributed by atoms with Crippen LogP contribution in [0.15, 0.2) is 29.4 Å². The molecule has 0 saturated heterocycles. The molecule has 0 bridgehead atoms. The first-order valence-corrected chi connectivity index (χ1v) is 10.8. The molecule has 0 fully saturated rings. The molecule has 1 aromatic carbocycles. The highest BCUT2D eigenvalue weighted by Crippen LogP contribution is 2.19.